The first kappa shape index (κ1) is 22.5. The number of benzene rings is 2. The van der Waals surface area contributed by atoms with Crippen molar-refractivity contribution in [1.29, 1.82) is 0 Å². The van der Waals surface area contributed by atoms with Gasteiger partial charge in [-0.1, -0.05) is 18.9 Å². The number of hydrogen-bond donors (Lipinski definition) is 2. The highest BCUT2D eigenvalue weighted by Gasteiger charge is 2.18. The van der Waals surface area contributed by atoms with Crippen LogP contribution in [0.5, 0.6) is 11.5 Å². The third kappa shape index (κ3) is 4.77. The summed E-state index contributed by atoms with van der Waals surface area (Å²) < 4.78 is 11.2. The summed E-state index contributed by atoms with van der Waals surface area (Å²) in [5.41, 5.74) is 5.02. The van der Waals surface area contributed by atoms with Crippen molar-refractivity contribution < 1.29 is 14.3 Å². The molecule has 2 aromatic heterocycles. The molecule has 2 aromatic carbocycles. The van der Waals surface area contributed by atoms with E-state index in [9.17, 15) is 4.79 Å². The molecular weight excluding hydrogens is 454 g/mol. The van der Waals surface area contributed by atoms with E-state index in [4.69, 9.17) is 9.47 Å². The molecule has 0 aliphatic carbocycles. The zero-order valence-corrected chi connectivity index (χ0v) is 20.1. The predicted molar refractivity (Wildman–Crippen MR) is 138 cm³/mol. The smallest absolute Gasteiger partial charge is 0.276 e. The van der Waals surface area contributed by atoms with Crippen molar-refractivity contribution >= 4 is 22.5 Å². The lowest BCUT2D eigenvalue weighted by molar-refractivity contribution is 0.102. The fourth-order valence-electron chi connectivity index (χ4n) is 4.96. The zero-order valence-electron chi connectivity index (χ0n) is 20.1. The van der Waals surface area contributed by atoms with E-state index < -0.39 is 0 Å². The van der Waals surface area contributed by atoms with Gasteiger partial charge in [0.2, 0.25) is 0 Å². The van der Waals surface area contributed by atoms with Crippen molar-refractivity contribution in [2.24, 2.45) is 0 Å². The molecule has 0 atom stereocenters. The molecule has 2 aliphatic heterocycles. The highest BCUT2D eigenvalue weighted by molar-refractivity contribution is 6.11. The highest BCUT2D eigenvalue weighted by Crippen LogP contribution is 2.33. The molecule has 8 nitrogen and oxygen atoms in total. The molecule has 6 rings (SSSR count). The molecule has 8 heteroatoms. The summed E-state index contributed by atoms with van der Waals surface area (Å²) in [5, 5.41) is 11.0. The van der Waals surface area contributed by atoms with Gasteiger partial charge in [0.05, 0.1) is 5.52 Å². The number of aromatic amines is 1. The molecule has 36 heavy (non-hydrogen) atoms. The van der Waals surface area contributed by atoms with Gasteiger partial charge in [-0.05, 0) is 67.4 Å². The number of carbonyl (C=O) groups is 1. The average Bonchev–Trinajstić information content (AvgIpc) is 3.17. The molecule has 1 saturated heterocycles. The first-order valence-corrected chi connectivity index (χ1v) is 12.6. The van der Waals surface area contributed by atoms with E-state index in [1.165, 1.54) is 31.2 Å². The number of aromatic nitrogens is 3. The molecule has 1 amide bonds. The Morgan fingerprint density at radius 3 is 2.61 bits per heavy atom. The number of hydrogen-bond acceptors (Lipinski definition) is 6. The van der Waals surface area contributed by atoms with Gasteiger partial charge in [-0.2, -0.15) is 5.10 Å². The van der Waals surface area contributed by atoms with Crippen molar-refractivity contribution in [3.05, 3.63) is 66.1 Å². The van der Waals surface area contributed by atoms with Crippen LogP contribution >= 0.6 is 0 Å². The summed E-state index contributed by atoms with van der Waals surface area (Å²) in [5.74, 6) is 1.02. The maximum atomic E-state index is 13.1. The second-order valence-electron chi connectivity index (χ2n) is 9.42. The van der Waals surface area contributed by atoms with E-state index in [0.717, 1.165) is 41.7 Å². The molecule has 2 N–H and O–H groups in total. The van der Waals surface area contributed by atoms with Crippen LogP contribution in [0, 0.1) is 0 Å². The Labute approximate surface area is 209 Å². The number of H-pyrrole nitrogens is 1. The summed E-state index contributed by atoms with van der Waals surface area (Å²) in [6, 6.07) is 13.6. The Hall–Kier alpha value is -3.91. The largest absolute Gasteiger partial charge is 0.486 e. The lowest BCUT2D eigenvalue weighted by Crippen LogP contribution is -2.24. The van der Waals surface area contributed by atoms with Crippen LogP contribution in [-0.2, 0) is 6.54 Å². The maximum Gasteiger partial charge on any atom is 0.276 e. The first-order valence-electron chi connectivity index (χ1n) is 12.6. The summed E-state index contributed by atoms with van der Waals surface area (Å²) in [6.45, 7) is 4.22. The summed E-state index contributed by atoms with van der Waals surface area (Å²) >= 11 is 0. The van der Waals surface area contributed by atoms with Crippen LogP contribution in [0.15, 0.2) is 54.9 Å². The maximum absolute atomic E-state index is 13.1. The number of anilines is 1. The Morgan fingerprint density at radius 1 is 0.917 bits per heavy atom. The van der Waals surface area contributed by atoms with E-state index in [1.54, 1.807) is 18.2 Å². The van der Waals surface area contributed by atoms with Crippen LogP contribution in [0.1, 0.15) is 41.7 Å². The molecule has 4 heterocycles. The number of ether oxygens (including phenoxy) is 2. The second kappa shape index (κ2) is 9.99. The van der Waals surface area contributed by atoms with Gasteiger partial charge >= 0.3 is 0 Å². The van der Waals surface area contributed by atoms with Crippen LogP contribution in [0.2, 0.25) is 0 Å². The fourth-order valence-corrected chi connectivity index (χ4v) is 4.96. The van der Waals surface area contributed by atoms with Gasteiger partial charge in [0.15, 0.2) is 17.2 Å². The molecule has 0 unspecified atom stereocenters. The third-order valence-corrected chi connectivity index (χ3v) is 6.81. The Balaban J connectivity index is 1.23. The molecular formula is C28H29N5O3. The van der Waals surface area contributed by atoms with Gasteiger partial charge in [-0.15, -0.1) is 0 Å². The van der Waals surface area contributed by atoms with Crippen molar-refractivity contribution in [3.8, 4) is 22.6 Å². The van der Waals surface area contributed by atoms with E-state index in [0.29, 0.717) is 36.1 Å². The van der Waals surface area contributed by atoms with Crippen LogP contribution < -0.4 is 14.8 Å². The molecule has 1 fully saturated rings. The average molecular weight is 484 g/mol. The van der Waals surface area contributed by atoms with E-state index in [2.05, 4.69) is 31.5 Å². The van der Waals surface area contributed by atoms with Crippen LogP contribution in [0.4, 0.5) is 5.69 Å². The fraction of sp³-hybridized carbons (Fsp3) is 0.321. The lowest BCUT2D eigenvalue weighted by Gasteiger charge is -2.19. The van der Waals surface area contributed by atoms with Crippen molar-refractivity contribution in [1.82, 2.24) is 20.1 Å². The topological polar surface area (TPSA) is 92.4 Å². The second-order valence-corrected chi connectivity index (χ2v) is 9.42. The van der Waals surface area contributed by atoms with Gasteiger partial charge in [0, 0.05) is 41.6 Å². The number of amides is 1. The zero-order chi connectivity index (χ0) is 24.3. The van der Waals surface area contributed by atoms with E-state index in [-0.39, 0.29) is 5.91 Å². The Kier molecular flexibility index (Phi) is 6.26. The van der Waals surface area contributed by atoms with Crippen molar-refractivity contribution in [3.63, 3.8) is 0 Å². The molecule has 0 saturated carbocycles. The Morgan fingerprint density at radius 2 is 1.75 bits per heavy atom. The number of pyridine rings is 1. The first-order chi connectivity index (χ1) is 17.7. The monoisotopic (exact) mass is 483 g/mol. The van der Waals surface area contributed by atoms with Crippen molar-refractivity contribution in [2.45, 2.75) is 32.2 Å². The lowest BCUT2D eigenvalue weighted by atomic mass is 10.0. The van der Waals surface area contributed by atoms with E-state index in [1.807, 2.05) is 30.6 Å². The van der Waals surface area contributed by atoms with Gasteiger partial charge in [-0.3, -0.25) is 19.8 Å². The standard InChI is InChI=1S/C28H29N5O3/c34-28(30-22-6-8-25-26(15-22)36-12-11-35-25)27-23-14-20(5-7-24(23)31-32-27)21-13-19(16-29-17-21)18-33-9-3-1-2-4-10-33/h5-8,13-17H,1-4,9-12,18H2,(H,30,34)(H,31,32). The van der Waals surface area contributed by atoms with Gasteiger partial charge < -0.3 is 14.8 Å². The van der Waals surface area contributed by atoms with Crippen molar-refractivity contribution in [2.75, 3.05) is 31.6 Å². The summed E-state index contributed by atoms with van der Waals surface area (Å²) in [4.78, 5) is 20.2. The van der Waals surface area contributed by atoms with Gasteiger partial charge in [0.1, 0.15) is 13.2 Å². The number of nitrogens with zero attached hydrogens (tertiary/aromatic N) is 3. The molecule has 184 valence electrons. The molecule has 0 spiro atoms. The van der Waals surface area contributed by atoms with Crippen LogP contribution in [0.3, 0.4) is 0 Å². The highest BCUT2D eigenvalue weighted by atomic mass is 16.6. The predicted octanol–water partition coefficient (Wildman–Crippen LogP) is 5.02. The summed E-state index contributed by atoms with van der Waals surface area (Å²) in [7, 11) is 0. The van der Waals surface area contributed by atoms with E-state index >= 15 is 0 Å². The minimum absolute atomic E-state index is 0.289. The Bertz CT molecular complexity index is 1390. The number of carbonyl (C=O) groups excluding carboxylic acids is 1. The molecule has 4 aromatic rings. The quantitative estimate of drug-likeness (QED) is 0.414. The minimum atomic E-state index is -0.289. The molecule has 0 radical (unpaired) electrons. The van der Waals surface area contributed by atoms with Crippen LogP contribution in [0.25, 0.3) is 22.0 Å². The molecule has 0 bridgehead atoms. The number of nitrogens with one attached hydrogen (secondary N) is 2. The van der Waals surface area contributed by atoms with Crippen LogP contribution in [-0.4, -0.2) is 52.3 Å². The van der Waals surface area contributed by atoms with Gasteiger partial charge in [-0.25, -0.2) is 0 Å². The van der Waals surface area contributed by atoms with Gasteiger partial charge in [0.25, 0.3) is 5.91 Å². The minimum Gasteiger partial charge on any atom is -0.486 e. The number of fused-ring (bicyclic) bond motifs is 2. The summed E-state index contributed by atoms with van der Waals surface area (Å²) in [6.07, 6.45) is 9.01. The molecule has 2 aliphatic rings. The number of likely N-dealkylation sites (tertiary alicyclic amines) is 1. The normalized spacial score (nSPS) is 16.0. The third-order valence-electron chi connectivity index (χ3n) is 6.81. The SMILES string of the molecule is O=C(Nc1ccc2c(c1)OCCO2)c1n[nH]c2ccc(-c3cncc(CN4CCCCCC4)c3)cc12. The number of rotatable bonds is 5.